The largest absolute Gasteiger partial charge is 0.458 e. The van der Waals surface area contributed by atoms with Crippen LogP contribution in [0.25, 0.3) is 0 Å². The van der Waals surface area contributed by atoms with Crippen LogP contribution < -0.4 is 0 Å². The maximum absolute atomic E-state index is 12.2. The Kier molecular flexibility index (Phi) is 5.44. The summed E-state index contributed by atoms with van der Waals surface area (Å²) in [5.74, 6) is 0.201. The molecule has 2 rings (SSSR count). The van der Waals surface area contributed by atoms with Gasteiger partial charge in [-0.05, 0) is 57.6 Å². The molecule has 0 radical (unpaired) electrons. The molecule has 110 valence electrons. The summed E-state index contributed by atoms with van der Waals surface area (Å²) in [7, 11) is 4.12. The lowest BCUT2D eigenvalue weighted by molar-refractivity contribution is -0.00324. The lowest BCUT2D eigenvalue weighted by Crippen LogP contribution is -2.36. The van der Waals surface area contributed by atoms with E-state index in [2.05, 4.69) is 19.0 Å². The van der Waals surface area contributed by atoms with Gasteiger partial charge in [-0.15, -0.1) is 0 Å². The van der Waals surface area contributed by atoms with E-state index in [1.807, 2.05) is 0 Å². The number of carbonyl (C=O) groups excluding carboxylic acids is 1. The molecule has 0 aliphatic heterocycles. The van der Waals surface area contributed by atoms with Crippen molar-refractivity contribution in [2.24, 2.45) is 5.92 Å². The molecule has 1 aliphatic rings. The minimum atomic E-state index is -0.239. The number of halogens is 1. The Bertz CT molecular complexity index is 444. The Morgan fingerprint density at radius 3 is 2.55 bits per heavy atom. The molecule has 0 amide bonds. The standard InChI is InChI=1S/C16H22ClNO2/c1-18(2)11-13-5-3-4-6-15(13)20-16(19)12-7-9-14(17)10-8-12/h7-10,13,15H,3-6,11H2,1-2H3/t13-,15-/m1/s1. The number of benzene rings is 1. The van der Waals surface area contributed by atoms with Crippen LogP contribution in [0.5, 0.6) is 0 Å². The molecule has 0 unspecified atom stereocenters. The first-order valence-corrected chi connectivity index (χ1v) is 7.55. The third kappa shape index (κ3) is 4.22. The number of carbonyl (C=O) groups is 1. The average Bonchev–Trinajstić information content (AvgIpc) is 2.41. The topological polar surface area (TPSA) is 29.5 Å². The lowest BCUT2D eigenvalue weighted by Gasteiger charge is -2.32. The van der Waals surface area contributed by atoms with Gasteiger partial charge in [-0.3, -0.25) is 0 Å². The molecular formula is C16H22ClNO2. The van der Waals surface area contributed by atoms with Crippen LogP contribution in [-0.4, -0.2) is 37.6 Å². The summed E-state index contributed by atoms with van der Waals surface area (Å²) in [5, 5.41) is 0.629. The normalized spacial score (nSPS) is 22.8. The van der Waals surface area contributed by atoms with Crippen molar-refractivity contribution >= 4 is 17.6 Å². The van der Waals surface area contributed by atoms with E-state index in [0.29, 0.717) is 16.5 Å². The second-order valence-electron chi connectivity index (χ2n) is 5.76. The molecule has 4 heteroatoms. The molecular weight excluding hydrogens is 274 g/mol. The Morgan fingerprint density at radius 1 is 1.25 bits per heavy atom. The Hall–Kier alpha value is -1.06. The van der Waals surface area contributed by atoms with E-state index in [9.17, 15) is 4.79 Å². The predicted molar refractivity (Wildman–Crippen MR) is 81.2 cm³/mol. The highest BCUT2D eigenvalue weighted by molar-refractivity contribution is 6.30. The van der Waals surface area contributed by atoms with Crippen molar-refractivity contribution in [1.82, 2.24) is 4.90 Å². The summed E-state index contributed by atoms with van der Waals surface area (Å²) < 4.78 is 5.72. The fourth-order valence-electron chi connectivity index (χ4n) is 2.80. The molecule has 0 heterocycles. The molecule has 0 saturated heterocycles. The summed E-state index contributed by atoms with van der Waals surface area (Å²) >= 11 is 5.83. The second kappa shape index (κ2) is 7.09. The first kappa shape index (κ1) is 15.3. The summed E-state index contributed by atoms with van der Waals surface area (Å²) in [6, 6.07) is 6.87. The molecule has 0 N–H and O–H groups in total. The molecule has 1 aromatic rings. The molecule has 1 fully saturated rings. The summed E-state index contributed by atoms with van der Waals surface area (Å²) in [6.07, 6.45) is 4.51. The zero-order valence-electron chi connectivity index (χ0n) is 12.1. The van der Waals surface area contributed by atoms with Gasteiger partial charge < -0.3 is 9.64 Å². The molecule has 20 heavy (non-hydrogen) atoms. The van der Waals surface area contributed by atoms with Crippen LogP contribution in [0.15, 0.2) is 24.3 Å². The predicted octanol–water partition coefficient (Wildman–Crippen LogP) is 3.62. The van der Waals surface area contributed by atoms with E-state index in [-0.39, 0.29) is 12.1 Å². The smallest absolute Gasteiger partial charge is 0.338 e. The fourth-order valence-corrected chi connectivity index (χ4v) is 2.92. The Balaban J connectivity index is 1.99. The maximum atomic E-state index is 12.2. The summed E-state index contributed by atoms with van der Waals surface area (Å²) in [4.78, 5) is 14.3. The van der Waals surface area contributed by atoms with E-state index in [0.717, 1.165) is 25.8 Å². The first-order valence-electron chi connectivity index (χ1n) is 7.17. The van der Waals surface area contributed by atoms with Crippen LogP contribution in [0.1, 0.15) is 36.0 Å². The van der Waals surface area contributed by atoms with E-state index in [4.69, 9.17) is 16.3 Å². The van der Waals surface area contributed by atoms with Gasteiger partial charge in [0.1, 0.15) is 6.10 Å². The quantitative estimate of drug-likeness (QED) is 0.795. The summed E-state index contributed by atoms with van der Waals surface area (Å²) in [5.41, 5.74) is 0.573. The van der Waals surface area contributed by atoms with Gasteiger partial charge in [0.05, 0.1) is 5.56 Å². The highest BCUT2D eigenvalue weighted by atomic mass is 35.5. The number of hydrogen-bond donors (Lipinski definition) is 0. The second-order valence-corrected chi connectivity index (χ2v) is 6.19. The highest BCUT2D eigenvalue weighted by Crippen LogP contribution is 2.28. The monoisotopic (exact) mass is 295 g/mol. The zero-order chi connectivity index (χ0) is 14.5. The third-order valence-corrected chi connectivity index (χ3v) is 4.03. The van der Waals surface area contributed by atoms with Gasteiger partial charge in [-0.1, -0.05) is 18.0 Å². The molecule has 2 atom stereocenters. The van der Waals surface area contributed by atoms with Crippen molar-refractivity contribution in [1.29, 1.82) is 0 Å². The van der Waals surface area contributed by atoms with Crippen molar-refractivity contribution in [2.45, 2.75) is 31.8 Å². The first-order chi connectivity index (χ1) is 9.56. The average molecular weight is 296 g/mol. The van der Waals surface area contributed by atoms with Crippen LogP contribution in [0.4, 0.5) is 0 Å². The number of esters is 1. The summed E-state index contributed by atoms with van der Waals surface area (Å²) in [6.45, 7) is 0.971. The van der Waals surface area contributed by atoms with Crippen molar-refractivity contribution in [3.05, 3.63) is 34.9 Å². The molecule has 0 bridgehead atoms. The SMILES string of the molecule is CN(C)C[C@H]1CCCC[C@H]1OC(=O)c1ccc(Cl)cc1. The van der Waals surface area contributed by atoms with Crippen LogP contribution in [-0.2, 0) is 4.74 Å². The molecule has 1 saturated carbocycles. The molecule has 0 spiro atoms. The zero-order valence-corrected chi connectivity index (χ0v) is 12.9. The minimum absolute atomic E-state index is 0.0364. The van der Waals surface area contributed by atoms with E-state index < -0.39 is 0 Å². The van der Waals surface area contributed by atoms with Gasteiger partial charge >= 0.3 is 5.97 Å². The van der Waals surface area contributed by atoms with Crippen LogP contribution >= 0.6 is 11.6 Å². The lowest BCUT2D eigenvalue weighted by atomic mass is 9.86. The Morgan fingerprint density at radius 2 is 1.90 bits per heavy atom. The van der Waals surface area contributed by atoms with Gasteiger partial charge in [0.15, 0.2) is 0 Å². The highest BCUT2D eigenvalue weighted by Gasteiger charge is 2.28. The van der Waals surface area contributed by atoms with E-state index in [1.54, 1.807) is 24.3 Å². The van der Waals surface area contributed by atoms with Gasteiger partial charge in [0, 0.05) is 17.5 Å². The minimum Gasteiger partial charge on any atom is -0.458 e. The maximum Gasteiger partial charge on any atom is 0.338 e. The number of nitrogens with zero attached hydrogens (tertiary/aromatic N) is 1. The van der Waals surface area contributed by atoms with Crippen LogP contribution in [0, 0.1) is 5.92 Å². The van der Waals surface area contributed by atoms with Gasteiger partial charge in [-0.2, -0.15) is 0 Å². The fraction of sp³-hybridized carbons (Fsp3) is 0.562. The van der Waals surface area contributed by atoms with Gasteiger partial charge in [0.2, 0.25) is 0 Å². The van der Waals surface area contributed by atoms with Crippen molar-refractivity contribution in [3.63, 3.8) is 0 Å². The molecule has 3 nitrogen and oxygen atoms in total. The Labute approximate surface area is 125 Å². The number of ether oxygens (including phenoxy) is 1. The number of hydrogen-bond acceptors (Lipinski definition) is 3. The van der Waals surface area contributed by atoms with Crippen molar-refractivity contribution in [2.75, 3.05) is 20.6 Å². The van der Waals surface area contributed by atoms with Gasteiger partial charge in [0.25, 0.3) is 0 Å². The van der Waals surface area contributed by atoms with Crippen LogP contribution in [0.2, 0.25) is 5.02 Å². The molecule has 1 aromatic carbocycles. The van der Waals surface area contributed by atoms with Crippen molar-refractivity contribution in [3.8, 4) is 0 Å². The third-order valence-electron chi connectivity index (χ3n) is 3.78. The van der Waals surface area contributed by atoms with Gasteiger partial charge in [-0.25, -0.2) is 4.79 Å². The number of rotatable bonds is 4. The van der Waals surface area contributed by atoms with E-state index >= 15 is 0 Å². The van der Waals surface area contributed by atoms with Crippen molar-refractivity contribution < 1.29 is 9.53 Å². The molecule has 0 aromatic heterocycles. The van der Waals surface area contributed by atoms with E-state index in [1.165, 1.54) is 6.42 Å². The molecule has 1 aliphatic carbocycles. The van der Waals surface area contributed by atoms with Crippen LogP contribution in [0.3, 0.4) is 0 Å².